The van der Waals surface area contributed by atoms with Gasteiger partial charge in [-0.1, -0.05) is 19.1 Å². The van der Waals surface area contributed by atoms with Crippen LogP contribution < -0.4 is 11.5 Å². The molecule has 0 spiro atoms. The van der Waals surface area contributed by atoms with E-state index in [4.69, 9.17) is 11.5 Å². The van der Waals surface area contributed by atoms with E-state index < -0.39 is 0 Å². The predicted molar refractivity (Wildman–Crippen MR) is 70.4 cm³/mol. The first-order valence-corrected chi connectivity index (χ1v) is 5.74. The molecule has 0 saturated carbocycles. The van der Waals surface area contributed by atoms with Gasteiger partial charge in [0.15, 0.2) is 0 Å². The molecule has 0 fully saturated rings. The van der Waals surface area contributed by atoms with Crippen molar-refractivity contribution in [3.63, 3.8) is 0 Å². The Balaban J connectivity index is 2.15. The Morgan fingerprint density at radius 2 is 2.00 bits per heavy atom. The Morgan fingerprint density at radius 3 is 2.61 bits per heavy atom. The van der Waals surface area contributed by atoms with Crippen molar-refractivity contribution in [3.05, 3.63) is 36.7 Å². The van der Waals surface area contributed by atoms with Gasteiger partial charge >= 0.3 is 0 Å². The van der Waals surface area contributed by atoms with Crippen molar-refractivity contribution in [3.8, 4) is 11.1 Å². The third-order valence-electron chi connectivity index (χ3n) is 2.82. The van der Waals surface area contributed by atoms with Gasteiger partial charge in [-0.15, -0.1) is 0 Å². The summed E-state index contributed by atoms with van der Waals surface area (Å²) in [5.41, 5.74) is 13.6. The van der Waals surface area contributed by atoms with E-state index in [9.17, 15) is 4.79 Å². The number of carbonyl (C=O) groups is 1. The van der Waals surface area contributed by atoms with Gasteiger partial charge in [0.1, 0.15) is 0 Å². The molecule has 0 radical (unpaired) electrons. The number of nitrogen functional groups attached to an aromatic ring is 1. The predicted octanol–water partition coefficient (Wildman–Crippen LogP) is 1.25. The summed E-state index contributed by atoms with van der Waals surface area (Å²) in [6.07, 6.45) is 3.66. The van der Waals surface area contributed by atoms with Crippen LogP contribution in [0, 0.1) is 5.92 Å². The normalized spacial score (nSPS) is 12.3. The van der Waals surface area contributed by atoms with Crippen LogP contribution in [0.15, 0.2) is 36.7 Å². The van der Waals surface area contributed by atoms with E-state index in [0.717, 1.165) is 16.8 Å². The van der Waals surface area contributed by atoms with Crippen LogP contribution in [0.5, 0.6) is 0 Å². The highest BCUT2D eigenvalue weighted by Crippen LogP contribution is 2.19. The number of nitrogens with two attached hydrogens (primary N) is 2. The monoisotopic (exact) mass is 244 g/mol. The molecule has 4 N–H and O–H groups in total. The molecule has 1 atom stereocenters. The zero-order valence-electron chi connectivity index (χ0n) is 10.2. The number of carbonyl (C=O) groups excluding carboxylic acids is 1. The van der Waals surface area contributed by atoms with E-state index in [1.807, 2.05) is 30.5 Å². The zero-order chi connectivity index (χ0) is 13.1. The van der Waals surface area contributed by atoms with Gasteiger partial charge in [0.05, 0.1) is 18.7 Å². The molecule has 0 bridgehead atoms. The summed E-state index contributed by atoms with van der Waals surface area (Å²) in [4.78, 5) is 11.0. The highest BCUT2D eigenvalue weighted by Gasteiger charge is 2.10. The lowest BCUT2D eigenvalue weighted by Crippen LogP contribution is -2.24. The summed E-state index contributed by atoms with van der Waals surface area (Å²) >= 11 is 0. The average molecular weight is 244 g/mol. The molecule has 94 valence electrons. The topological polar surface area (TPSA) is 86.9 Å². The van der Waals surface area contributed by atoms with Crippen LogP contribution >= 0.6 is 0 Å². The van der Waals surface area contributed by atoms with Crippen LogP contribution in [0.25, 0.3) is 11.1 Å². The fraction of sp³-hybridized carbons (Fsp3) is 0.231. The van der Waals surface area contributed by atoms with Crippen molar-refractivity contribution < 1.29 is 4.79 Å². The SMILES string of the molecule is CC(Cn1cc(-c2ccc(N)cc2)cn1)C(N)=O. The molecule has 0 aliphatic rings. The van der Waals surface area contributed by atoms with Crippen molar-refractivity contribution in [1.82, 2.24) is 9.78 Å². The number of aromatic nitrogens is 2. The van der Waals surface area contributed by atoms with E-state index in [2.05, 4.69) is 5.10 Å². The maximum Gasteiger partial charge on any atom is 0.222 e. The smallest absolute Gasteiger partial charge is 0.222 e. The molecular formula is C13H16N4O. The van der Waals surface area contributed by atoms with Crippen LogP contribution in [0.1, 0.15) is 6.92 Å². The number of hydrogen-bond donors (Lipinski definition) is 2. The first kappa shape index (κ1) is 12.2. The standard InChI is InChI=1S/C13H16N4O/c1-9(13(15)18)7-17-8-11(6-16-17)10-2-4-12(14)5-3-10/h2-6,8-9H,7,14H2,1H3,(H2,15,18). The second kappa shape index (κ2) is 4.91. The van der Waals surface area contributed by atoms with Crippen molar-refractivity contribution >= 4 is 11.6 Å². The Labute approximate surface area is 105 Å². The largest absolute Gasteiger partial charge is 0.399 e. The van der Waals surface area contributed by atoms with Gasteiger partial charge in [-0.05, 0) is 17.7 Å². The lowest BCUT2D eigenvalue weighted by Gasteiger charge is -2.06. The van der Waals surface area contributed by atoms with E-state index in [-0.39, 0.29) is 11.8 Å². The third kappa shape index (κ3) is 2.68. The van der Waals surface area contributed by atoms with Crippen LogP contribution in [0.4, 0.5) is 5.69 Å². The Morgan fingerprint density at radius 1 is 1.33 bits per heavy atom. The average Bonchev–Trinajstić information content (AvgIpc) is 2.78. The Bertz CT molecular complexity index is 544. The fourth-order valence-corrected chi connectivity index (χ4v) is 1.66. The number of hydrogen-bond acceptors (Lipinski definition) is 3. The van der Waals surface area contributed by atoms with Gasteiger partial charge in [0.2, 0.25) is 5.91 Å². The van der Waals surface area contributed by atoms with Gasteiger partial charge in [-0.3, -0.25) is 9.48 Å². The molecule has 0 aliphatic carbocycles. The molecule has 0 saturated heterocycles. The summed E-state index contributed by atoms with van der Waals surface area (Å²) in [7, 11) is 0. The molecular weight excluding hydrogens is 228 g/mol. The molecule has 0 aliphatic heterocycles. The quantitative estimate of drug-likeness (QED) is 0.793. The molecule has 1 aromatic heterocycles. The molecule has 1 heterocycles. The summed E-state index contributed by atoms with van der Waals surface area (Å²) in [6.45, 7) is 2.28. The molecule has 5 heteroatoms. The molecule has 18 heavy (non-hydrogen) atoms. The second-order valence-corrected chi connectivity index (χ2v) is 4.38. The van der Waals surface area contributed by atoms with Crippen molar-refractivity contribution in [2.75, 3.05) is 5.73 Å². The summed E-state index contributed by atoms with van der Waals surface area (Å²) in [6, 6.07) is 7.57. The lowest BCUT2D eigenvalue weighted by molar-refractivity contribution is -0.121. The summed E-state index contributed by atoms with van der Waals surface area (Å²) < 4.78 is 1.72. The number of nitrogens with zero attached hydrogens (tertiary/aromatic N) is 2. The maximum atomic E-state index is 11.0. The van der Waals surface area contributed by atoms with Crippen LogP contribution in [-0.2, 0) is 11.3 Å². The minimum absolute atomic E-state index is 0.232. The van der Waals surface area contributed by atoms with Crippen molar-refractivity contribution in [2.24, 2.45) is 11.7 Å². The van der Waals surface area contributed by atoms with E-state index >= 15 is 0 Å². The van der Waals surface area contributed by atoms with Crippen molar-refractivity contribution in [2.45, 2.75) is 13.5 Å². The van der Waals surface area contributed by atoms with E-state index in [1.165, 1.54) is 0 Å². The molecule has 5 nitrogen and oxygen atoms in total. The lowest BCUT2D eigenvalue weighted by atomic mass is 10.1. The molecule has 1 unspecified atom stereocenters. The van der Waals surface area contributed by atoms with E-state index in [1.54, 1.807) is 17.8 Å². The Kier molecular flexibility index (Phi) is 3.32. The molecule has 2 aromatic rings. The highest BCUT2D eigenvalue weighted by atomic mass is 16.1. The first-order chi connectivity index (χ1) is 8.56. The number of benzene rings is 1. The maximum absolute atomic E-state index is 11.0. The Hall–Kier alpha value is -2.30. The summed E-state index contributed by atoms with van der Waals surface area (Å²) in [5.74, 6) is -0.552. The van der Waals surface area contributed by atoms with Crippen molar-refractivity contribution in [1.29, 1.82) is 0 Å². The van der Waals surface area contributed by atoms with Crippen LogP contribution in [0.3, 0.4) is 0 Å². The fourth-order valence-electron chi connectivity index (χ4n) is 1.66. The molecule has 1 amide bonds. The highest BCUT2D eigenvalue weighted by molar-refractivity contribution is 5.76. The second-order valence-electron chi connectivity index (χ2n) is 4.38. The molecule has 1 aromatic carbocycles. The van der Waals surface area contributed by atoms with Crippen LogP contribution in [-0.4, -0.2) is 15.7 Å². The minimum Gasteiger partial charge on any atom is -0.399 e. The third-order valence-corrected chi connectivity index (χ3v) is 2.82. The number of anilines is 1. The van der Waals surface area contributed by atoms with Gasteiger partial charge in [0, 0.05) is 17.4 Å². The number of primary amides is 1. The van der Waals surface area contributed by atoms with Gasteiger partial charge < -0.3 is 11.5 Å². The van der Waals surface area contributed by atoms with Crippen LogP contribution in [0.2, 0.25) is 0 Å². The minimum atomic E-state index is -0.320. The van der Waals surface area contributed by atoms with Gasteiger partial charge in [-0.25, -0.2) is 0 Å². The van der Waals surface area contributed by atoms with E-state index in [0.29, 0.717) is 6.54 Å². The number of rotatable bonds is 4. The van der Waals surface area contributed by atoms with Gasteiger partial charge in [0.25, 0.3) is 0 Å². The van der Waals surface area contributed by atoms with Gasteiger partial charge in [-0.2, -0.15) is 5.10 Å². The zero-order valence-corrected chi connectivity index (χ0v) is 10.2. The molecule has 2 rings (SSSR count). The first-order valence-electron chi connectivity index (χ1n) is 5.74. The number of amides is 1. The summed E-state index contributed by atoms with van der Waals surface area (Å²) in [5, 5.41) is 4.22.